The summed E-state index contributed by atoms with van der Waals surface area (Å²) in [5.41, 5.74) is 1.86. The van der Waals surface area contributed by atoms with Gasteiger partial charge in [0, 0.05) is 30.9 Å². The topological polar surface area (TPSA) is 50.8 Å². The van der Waals surface area contributed by atoms with Crippen molar-refractivity contribution in [2.45, 2.75) is 6.42 Å². The molecule has 0 radical (unpaired) electrons. The summed E-state index contributed by atoms with van der Waals surface area (Å²) in [7, 11) is 3.29. The van der Waals surface area contributed by atoms with Crippen LogP contribution >= 0.6 is 0 Å². The van der Waals surface area contributed by atoms with E-state index in [9.17, 15) is 4.79 Å². The van der Waals surface area contributed by atoms with Gasteiger partial charge in [0.2, 0.25) is 0 Å². The van der Waals surface area contributed by atoms with Crippen molar-refractivity contribution in [1.82, 2.24) is 5.32 Å². The van der Waals surface area contributed by atoms with E-state index in [-0.39, 0.29) is 5.91 Å². The molecule has 0 aliphatic carbocycles. The quantitative estimate of drug-likeness (QED) is 0.878. The minimum atomic E-state index is -0.0365. The zero-order chi connectivity index (χ0) is 17.6. The van der Waals surface area contributed by atoms with Gasteiger partial charge in [-0.3, -0.25) is 4.79 Å². The van der Waals surface area contributed by atoms with Gasteiger partial charge in [-0.15, -0.1) is 0 Å². The highest BCUT2D eigenvalue weighted by Crippen LogP contribution is 2.25. The lowest BCUT2D eigenvalue weighted by atomic mass is 10.1. The minimum absolute atomic E-state index is 0.0365. The normalized spacial score (nSPS) is 16.6. The van der Waals surface area contributed by atoms with E-state index in [1.54, 1.807) is 38.5 Å². The maximum absolute atomic E-state index is 12.2. The molecule has 1 heterocycles. The summed E-state index contributed by atoms with van der Waals surface area (Å²) in [5.74, 6) is 2.04. The maximum atomic E-state index is 12.2. The molecule has 1 N–H and O–H groups in total. The van der Waals surface area contributed by atoms with Crippen molar-refractivity contribution in [3.8, 4) is 11.5 Å². The van der Waals surface area contributed by atoms with Crippen LogP contribution in [0.25, 0.3) is 0 Å². The molecular weight excluding hydrogens is 316 g/mol. The van der Waals surface area contributed by atoms with Gasteiger partial charge >= 0.3 is 0 Å². The van der Waals surface area contributed by atoms with E-state index < -0.39 is 0 Å². The van der Waals surface area contributed by atoms with Gasteiger partial charge in [0.05, 0.1) is 14.2 Å². The summed E-state index contributed by atoms with van der Waals surface area (Å²) in [5, 5.41) is 3.04. The van der Waals surface area contributed by atoms with Crippen LogP contribution < -0.4 is 19.7 Å². The van der Waals surface area contributed by atoms with Crippen molar-refractivity contribution < 1.29 is 14.3 Å². The number of carbonyl (C=O) groups excluding carboxylic acids is 1. The lowest BCUT2D eigenvalue weighted by Gasteiger charge is -2.19. The molecule has 1 aliphatic heterocycles. The number of hydrogen-bond donors (Lipinski definition) is 1. The lowest BCUT2D eigenvalue weighted by Crippen LogP contribution is -2.31. The Bertz CT molecular complexity index is 698. The van der Waals surface area contributed by atoms with Crippen LogP contribution in [-0.2, 0) is 0 Å². The molecule has 2 aromatic rings. The molecule has 1 unspecified atom stereocenters. The molecule has 0 bridgehead atoms. The third-order valence-corrected chi connectivity index (χ3v) is 4.63. The second-order valence-electron chi connectivity index (χ2n) is 6.24. The molecule has 3 rings (SSSR count). The first-order valence-corrected chi connectivity index (χ1v) is 8.51. The Hall–Kier alpha value is -2.69. The lowest BCUT2D eigenvalue weighted by molar-refractivity contribution is 0.0948. The Balaban J connectivity index is 1.49. The first kappa shape index (κ1) is 17.1. The van der Waals surface area contributed by atoms with Crippen LogP contribution in [0.2, 0.25) is 0 Å². The first-order valence-electron chi connectivity index (χ1n) is 8.51. The molecular formula is C20H24N2O3. The maximum Gasteiger partial charge on any atom is 0.251 e. The Labute approximate surface area is 148 Å². The second-order valence-corrected chi connectivity index (χ2v) is 6.24. The highest BCUT2D eigenvalue weighted by molar-refractivity contribution is 5.94. The average Bonchev–Trinajstić information content (AvgIpc) is 3.15. The number of amides is 1. The summed E-state index contributed by atoms with van der Waals surface area (Å²) in [6, 6.07) is 15.3. The van der Waals surface area contributed by atoms with Gasteiger partial charge in [-0.05, 0) is 60.9 Å². The Morgan fingerprint density at radius 2 is 1.64 bits per heavy atom. The number of rotatable bonds is 6. The summed E-state index contributed by atoms with van der Waals surface area (Å²) in [4.78, 5) is 14.6. The van der Waals surface area contributed by atoms with Crippen LogP contribution in [0.4, 0.5) is 5.69 Å². The van der Waals surface area contributed by atoms with Gasteiger partial charge in [0.1, 0.15) is 11.5 Å². The molecule has 1 amide bonds. The van der Waals surface area contributed by atoms with Crippen molar-refractivity contribution in [3.63, 3.8) is 0 Å². The molecule has 1 atom stereocenters. The third kappa shape index (κ3) is 4.24. The van der Waals surface area contributed by atoms with E-state index in [1.165, 1.54) is 5.69 Å². The van der Waals surface area contributed by atoms with Gasteiger partial charge in [0.15, 0.2) is 0 Å². The second kappa shape index (κ2) is 7.92. The van der Waals surface area contributed by atoms with Gasteiger partial charge < -0.3 is 19.7 Å². The molecule has 1 aliphatic rings. The molecule has 0 saturated carbocycles. The third-order valence-electron chi connectivity index (χ3n) is 4.63. The summed E-state index contributed by atoms with van der Waals surface area (Å²) in [6.07, 6.45) is 1.08. The fourth-order valence-corrected chi connectivity index (χ4v) is 3.11. The van der Waals surface area contributed by atoms with E-state index in [1.807, 2.05) is 12.1 Å². The number of nitrogens with zero attached hydrogens (tertiary/aromatic N) is 1. The van der Waals surface area contributed by atoms with Crippen LogP contribution in [0.15, 0.2) is 48.5 Å². The number of hydrogen-bond acceptors (Lipinski definition) is 4. The molecule has 5 heteroatoms. The van der Waals surface area contributed by atoms with Crippen molar-refractivity contribution in [1.29, 1.82) is 0 Å². The van der Waals surface area contributed by atoms with Crippen LogP contribution in [0.3, 0.4) is 0 Å². The average molecular weight is 340 g/mol. The Morgan fingerprint density at radius 3 is 2.24 bits per heavy atom. The van der Waals surface area contributed by atoms with Crippen LogP contribution in [0.1, 0.15) is 16.8 Å². The van der Waals surface area contributed by atoms with Crippen molar-refractivity contribution in [3.05, 3.63) is 54.1 Å². The molecule has 0 spiro atoms. The first-order chi connectivity index (χ1) is 12.2. The van der Waals surface area contributed by atoms with Crippen molar-refractivity contribution in [2.75, 3.05) is 38.8 Å². The molecule has 2 aromatic carbocycles. The standard InChI is InChI=1S/C20H24N2O3/c1-24-18-7-3-16(4-8-18)20(23)21-13-15-11-12-22(14-15)17-5-9-19(25-2)10-6-17/h3-10,15H,11-14H2,1-2H3,(H,21,23). The smallest absolute Gasteiger partial charge is 0.251 e. The number of benzene rings is 2. The molecule has 1 fully saturated rings. The number of anilines is 1. The van der Waals surface area contributed by atoms with Gasteiger partial charge in [0.25, 0.3) is 5.91 Å². The zero-order valence-electron chi connectivity index (χ0n) is 14.7. The SMILES string of the molecule is COc1ccc(C(=O)NCC2CCN(c3ccc(OC)cc3)C2)cc1. The highest BCUT2D eigenvalue weighted by Gasteiger charge is 2.23. The molecule has 5 nitrogen and oxygen atoms in total. The van der Waals surface area contributed by atoms with Gasteiger partial charge in [-0.1, -0.05) is 0 Å². The predicted octanol–water partition coefficient (Wildman–Crippen LogP) is 2.96. The van der Waals surface area contributed by atoms with Crippen LogP contribution in [0.5, 0.6) is 11.5 Å². The fourth-order valence-electron chi connectivity index (χ4n) is 3.11. The highest BCUT2D eigenvalue weighted by atomic mass is 16.5. The van der Waals surface area contributed by atoms with Crippen molar-refractivity contribution in [2.24, 2.45) is 5.92 Å². The number of methoxy groups -OCH3 is 2. The molecule has 1 saturated heterocycles. The molecule has 0 aromatic heterocycles. The fraction of sp³-hybridized carbons (Fsp3) is 0.350. The molecule has 132 valence electrons. The summed E-state index contributed by atoms with van der Waals surface area (Å²) < 4.78 is 10.3. The minimum Gasteiger partial charge on any atom is -0.497 e. The van der Waals surface area contributed by atoms with E-state index in [0.29, 0.717) is 18.0 Å². The van der Waals surface area contributed by atoms with Crippen molar-refractivity contribution >= 4 is 11.6 Å². The predicted molar refractivity (Wildman–Crippen MR) is 98.6 cm³/mol. The molecule has 25 heavy (non-hydrogen) atoms. The Morgan fingerprint density at radius 1 is 1.04 bits per heavy atom. The van der Waals surface area contributed by atoms with E-state index >= 15 is 0 Å². The summed E-state index contributed by atoms with van der Waals surface area (Å²) >= 11 is 0. The van der Waals surface area contributed by atoms with Gasteiger partial charge in [-0.25, -0.2) is 0 Å². The number of ether oxygens (including phenoxy) is 2. The Kier molecular flexibility index (Phi) is 5.43. The van der Waals surface area contributed by atoms with E-state index in [2.05, 4.69) is 22.3 Å². The largest absolute Gasteiger partial charge is 0.497 e. The van der Waals surface area contributed by atoms with Crippen LogP contribution in [-0.4, -0.2) is 39.8 Å². The summed E-state index contributed by atoms with van der Waals surface area (Å²) in [6.45, 7) is 2.65. The zero-order valence-corrected chi connectivity index (χ0v) is 14.7. The number of carbonyl (C=O) groups is 1. The number of nitrogens with one attached hydrogen (secondary N) is 1. The monoisotopic (exact) mass is 340 g/mol. The van der Waals surface area contributed by atoms with E-state index in [4.69, 9.17) is 9.47 Å². The van der Waals surface area contributed by atoms with Crippen LogP contribution in [0, 0.1) is 5.92 Å². The van der Waals surface area contributed by atoms with E-state index in [0.717, 1.165) is 31.0 Å². The van der Waals surface area contributed by atoms with Gasteiger partial charge in [-0.2, -0.15) is 0 Å².